The second-order valence-corrected chi connectivity index (χ2v) is 4.03. The summed E-state index contributed by atoms with van der Waals surface area (Å²) in [6.45, 7) is 0.353. The molecule has 0 aromatic heterocycles. The number of carbonyl (C=O) groups is 2. The number of methoxy groups -OCH3 is 1. The molecule has 0 aliphatic carbocycles. The van der Waals surface area contributed by atoms with Crippen molar-refractivity contribution >= 4 is 22.7 Å². The molecule has 0 amide bonds. The molecule has 2 N–H and O–H groups in total. The normalized spacial score (nSPS) is 10.1. The summed E-state index contributed by atoms with van der Waals surface area (Å²) < 4.78 is 4.54. The molecule has 110 valence electrons. The molecule has 0 radical (unpaired) electrons. The molecule has 2 aromatic carbocycles. The number of hydrogen-bond donors (Lipinski definition) is 2. The van der Waals surface area contributed by atoms with E-state index in [-0.39, 0.29) is 0 Å². The van der Waals surface area contributed by atoms with Gasteiger partial charge in [-0.3, -0.25) is 0 Å². The monoisotopic (exact) mass is 288 g/mol. The molecule has 21 heavy (non-hydrogen) atoms. The first-order chi connectivity index (χ1) is 10.1. The topological polar surface area (TPSA) is 83.8 Å². The highest BCUT2D eigenvalue weighted by atomic mass is 16.5. The van der Waals surface area contributed by atoms with Crippen molar-refractivity contribution in [2.75, 3.05) is 13.7 Å². The van der Waals surface area contributed by atoms with Crippen molar-refractivity contribution < 1.29 is 24.5 Å². The highest BCUT2D eigenvalue weighted by molar-refractivity contribution is 6.03. The third kappa shape index (κ3) is 5.46. The molecule has 5 heteroatoms. The summed E-state index contributed by atoms with van der Waals surface area (Å²) in [5.74, 6) is -1.82. The largest absolute Gasteiger partial charge is 0.478 e. The molecule has 0 saturated heterocycles. The molecule has 0 unspecified atom stereocenters. The van der Waals surface area contributed by atoms with Gasteiger partial charge in [0, 0.05) is 13.2 Å². The Morgan fingerprint density at radius 1 is 1.10 bits per heavy atom. The van der Waals surface area contributed by atoms with Gasteiger partial charge in [-0.2, -0.15) is 0 Å². The Hall–Kier alpha value is -2.66. The van der Waals surface area contributed by atoms with Crippen molar-refractivity contribution in [3.8, 4) is 0 Å². The van der Waals surface area contributed by atoms with E-state index in [1.165, 1.54) is 13.2 Å². The van der Waals surface area contributed by atoms with E-state index in [0.717, 1.165) is 16.8 Å². The van der Waals surface area contributed by atoms with Gasteiger partial charge in [0.15, 0.2) is 0 Å². The zero-order valence-corrected chi connectivity index (χ0v) is 11.5. The van der Waals surface area contributed by atoms with Crippen LogP contribution in [0.5, 0.6) is 0 Å². The van der Waals surface area contributed by atoms with E-state index in [9.17, 15) is 9.59 Å². The zero-order valence-electron chi connectivity index (χ0n) is 11.5. The smallest absolute Gasteiger partial charge is 0.336 e. The summed E-state index contributed by atoms with van der Waals surface area (Å²) in [5.41, 5.74) is 0.359. The highest BCUT2D eigenvalue weighted by Gasteiger charge is 2.05. The van der Waals surface area contributed by atoms with Crippen LogP contribution in [-0.2, 0) is 9.53 Å². The van der Waals surface area contributed by atoms with Gasteiger partial charge < -0.3 is 14.9 Å². The summed E-state index contributed by atoms with van der Waals surface area (Å²) in [6.07, 6.45) is 2.48. The predicted molar refractivity (Wildman–Crippen MR) is 79.6 cm³/mol. The van der Waals surface area contributed by atoms with Crippen molar-refractivity contribution in [3.63, 3.8) is 0 Å². The molecular weight excluding hydrogens is 272 g/mol. The molecule has 0 aliphatic rings. The standard InChI is InChI=1S/C11H8O2.C5H8O3/c12-11(13)10-7-3-5-8-4-1-2-6-9(8)10;1-8-4-2-3-5(6)7/h1-7H,(H,12,13);2-3H,4H2,1H3,(H,6,7)/b;3-2+. The van der Waals surface area contributed by atoms with E-state index >= 15 is 0 Å². The molecule has 0 spiro atoms. The van der Waals surface area contributed by atoms with Crippen molar-refractivity contribution in [2.45, 2.75) is 0 Å². The lowest BCUT2D eigenvalue weighted by atomic mass is 10.1. The van der Waals surface area contributed by atoms with Gasteiger partial charge in [0.25, 0.3) is 0 Å². The first-order valence-electron chi connectivity index (χ1n) is 6.15. The third-order valence-corrected chi connectivity index (χ3v) is 2.54. The number of carboxylic acid groups (broad SMARTS) is 2. The molecule has 0 heterocycles. The fraction of sp³-hybridized carbons (Fsp3) is 0.125. The number of hydrogen-bond acceptors (Lipinski definition) is 3. The minimum absolute atomic E-state index is 0.353. The van der Waals surface area contributed by atoms with Crippen LogP contribution in [0, 0.1) is 0 Å². The second-order valence-electron chi connectivity index (χ2n) is 4.03. The molecule has 2 rings (SSSR count). The van der Waals surface area contributed by atoms with Gasteiger partial charge in [-0.25, -0.2) is 9.59 Å². The SMILES string of the molecule is COC/C=C/C(=O)O.O=C(O)c1cccc2ccccc12. The number of rotatable bonds is 4. The maximum Gasteiger partial charge on any atom is 0.336 e. The molecule has 0 saturated carbocycles. The van der Waals surface area contributed by atoms with Crippen molar-refractivity contribution in [3.05, 3.63) is 60.2 Å². The van der Waals surface area contributed by atoms with Crippen LogP contribution in [0.4, 0.5) is 0 Å². The van der Waals surface area contributed by atoms with Crippen LogP contribution in [0.15, 0.2) is 54.6 Å². The fourth-order valence-corrected chi connectivity index (χ4v) is 1.66. The minimum Gasteiger partial charge on any atom is -0.478 e. The fourth-order valence-electron chi connectivity index (χ4n) is 1.66. The van der Waals surface area contributed by atoms with Gasteiger partial charge in [-0.05, 0) is 16.8 Å². The molecule has 0 aliphatic heterocycles. The maximum atomic E-state index is 10.8. The van der Waals surface area contributed by atoms with Gasteiger partial charge in [0.2, 0.25) is 0 Å². The molecular formula is C16H16O5. The van der Waals surface area contributed by atoms with Gasteiger partial charge in [0.05, 0.1) is 12.2 Å². The zero-order chi connectivity index (χ0) is 15.7. The van der Waals surface area contributed by atoms with E-state index < -0.39 is 11.9 Å². The lowest BCUT2D eigenvalue weighted by Gasteiger charge is -2.00. The Morgan fingerprint density at radius 2 is 1.76 bits per heavy atom. The maximum absolute atomic E-state index is 10.8. The van der Waals surface area contributed by atoms with Crippen molar-refractivity contribution in [1.29, 1.82) is 0 Å². The van der Waals surface area contributed by atoms with Gasteiger partial charge in [0.1, 0.15) is 0 Å². The predicted octanol–water partition coefficient (Wildman–Crippen LogP) is 2.81. The molecule has 5 nitrogen and oxygen atoms in total. The summed E-state index contributed by atoms with van der Waals surface area (Å²) in [7, 11) is 1.51. The van der Waals surface area contributed by atoms with Crippen LogP contribution in [0.3, 0.4) is 0 Å². The van der Waals surface area contributed by atoms with Crippen LogP contribution >= 0.6 is 0 Å². The minimum atomic E-state index is -0.943. The highest BCUT2D eigenvalue weighted by Crippen LogP contribution is 2.17. The average Bonchev–Trinajstić information content (AvgIpc) is 2.47. The molecule has 0 bridgehead atoms. The second kappa shape index (κ2) is 8.50. The number of aromatic carboxylic acids is 1. The van der Waals surface area contributed by atoms with E-state index in [1.807, 2.05) is 30.3 Å². The van der Waals surface area contributed by atoms with Crippen LogP contribution < -0.4 is 0 Å². The lowest BCUT2D eigenvalue weighted by molar-refractivity contribution is -0.131. The molecule has 0 atom stereocenters. The quantitative estimate of drug-likeness (QED) is 0.845. The number of aliphatic carboxylic acids is 1. The number of carboxylic acids is 2. The summed E-state index contributed by atoms with van der Waals surface area (Å²) >= 11 is 0. The van der Waals surface area contributed by atoms with E-state index in [4.69, 9.17) is 10.2 Å². The van der Waals surface area contributed by atoms with Crippen LogP contribution in [0.1, 0.15) is 10.4 Å². The van der Waals surface area contributed by atoms with Gasteiger partial charge in [-0.1, -0.05) is 42.5 Å². The van der Waals surface area contributed by atoms with E-state index in [1.54, 1.807) is 12.1 Å². The first-order valence-corrected chi connectivity index (χ1v) is 6.15. The summed E-state index contributed by atoms with van der Waals surface area (Å²) in [6, 6.07) is 12.7. The van der Waals surface area contributed by atoms with E-state index in [0.29, 0.717) is 12.2 Å². The summed E-state index contributed by atoms with van der Waals surface area (Å²) in [4.78, 5) is 20.5. The average molecular weight is 288 g/mol. The number of ether oxygens (including phenoxy) is 1. The van der Waals surface area contributed by atoms with Crippen molar-refractivity contribution in [2.24, 2.45) is 0 Å². The first kappa shape index (κ1) is 16.4. The third-order valence-electron chi connectivity index (χ3n) is 2.54. The molecule has 2 aromatic rings. The Kier molecular flexibility index (Phi) is 6.63. The summed E-state index contributed by atoms with van der Waals surface area (Å²) in [5, 5.41) is 18.6. The Bertz CT molecular complexity index is 641. The molecule has 0 fully saturated rings. The Balaban J connectivity index is 0.000000240. The van der Waals surface area contributed by atoms with Gasteiger partial charge in [-0.15, -0.1) is 0 Å². The number of benzene rings is 2. The van der Waals surface area contributed by atoms with Crippen molar-refractivity contribution in [1.82, 2.24) is 0 Å². The Labute approximate surface area is 122 Å². The number of fused-ring (bicyclic) bond motifs is 1. The van der Waals surface area contributed by atoms with Crippen LogP contribution in [-0.4, -0.2) is 35.9 Å². The lowest BCUT2D eigenvalue weighted by Crippen LogP contribution is -1.96. The van der Waals surface area contributed by atoms with Gasteiger partial charge >= 0.3 is 11.9 Å². The Morgan fingerprint density at radius 3 is 2.38 bits per heavy atom. The van der Waals surface area contributed by atoms with E-state index in [2.05, 4.69) is 4.74 Å². The van der Waals surface area contributed by atoms with Crippen LogP contribution in [0.25, 0.3) is 10.8 Å². The van der Waals surface area contributed by atoms with Crippen LogP contribution in [0.2, 0.25) is 0 Å².